The lowest BCUT2D eigenvalue weighted by Gasteiger charge is -2.11. The molecule has 1 aromatic carbocycles. The smallest absolute Gasteiger partial charge is 0.341 e. The van der Waals surface area contributed by atoms with Crippen LogP contribution in [-0.4, -0.2) is 19.7 Å². The molecule has 0 aliphatic rings. The second-order valence-corrected chi connectivity index (χ2v) is 5.99. The van der Waals surface area contributed by atoms with Crippen LogP contribution in [0.1, 0.15) is 24.2 Å². The third-order valence-corrected chi connectivity index (χ3v) is 3.78. The number of para-hydroxylation sites is 1. The zero-order valence-corrected chi connectivity index (χ0v) is 13.2. The van der Waals surface area contributed by atoms with Gasteiger partial charge in [-0.15, -0.1) is 11.3 Å². The first-order chi connectivity index (χ1) is 10.0. The predicted molar refractivity (Wildman–Crippen MR) is 85.8 cm³/mol. The van der Waals surface area contributed by atoms with E-state index in [4.69, 9.17) is 15.2 Å². The van der Waals surface area contributed by atoms with Gasteiger partial charge in [0, 0.05) is 16.5 Å². The molecule has 0 atom stereocenters. The maximum Gasteiger partial charge on any atom is 0.341 e. The molecule has 0 spiro atoms. The molecule has 0 radical (unpaired) electrons. The fraction of sp³-hybridized carbons (Fsp3) is 0.312. The summed E-state index contributed by atoms with van der Waals surface area (Å²) >= 11 is 1.33. The molecule has 1 heterocycles. The molecule has 2 N–H and O–H groups in total. The van der Waals surface area contributed by atoms with Crippen molar-refractivity contribution < 1.29 is 14.3 Å². The Kier molecular flexibility index (Phi) is 4.85. The zero-order chi connectivity index (χ0) is 15.4. The van der Waals surface area contributed by atoms with E-state index in [2.05, 4.69) is 0 Å². The second-order valence-electron chi connectivity index (χ2n) is 5.08. The van der Waals surface area contributed by atoms with Crippen LogP contribution in [0.4, 0.5) is 5.00 Å². The Labute approximate surface area is 128 Å². The molecule has 0 aliphatic heterocycles. The van der Waals surface area contributed by atoms with E-state index in [-0.39, 0.29) is 11.9 Å². The topological polar surface area (TPSA) is 61.5 Å². The van der Waals surface area contributed by atoms with Crippen molar-refractivity contribution in [3.05, 3.63) is 35.2 Å². The first-order valence-corrected chi connectivity index (χ1v) is 7.60. The Morgan fingerprint density at radius 3 is 2.67 bits per heavy atom. The van der Waals surface area contributed by atoms with Crippen molar-refractivity contribution in [3.63, 3.8) is 0 Å². The number of nitrogens with two attached hydrogens (primary N) is 1. The van der Waals surface area contributed by atoms with Gasteiger partial charge in [0.25, 0.3) is 0 Å². The van der Waals surface area contributed by atoms with Crippen LogP contribution in [0.2, 0.25) is 0 Å². The van der Waals surface area contributed by atoms with Gasteiger partial charge in [-0.25, -0.2) is 4.79 Å². The molecule has 0 unspecified atom stereocenters. The summed E-state index contributed by atoms with van der Waals surface area (Å²) in [5, 5.41) is 2.32. The summed E-state index contributed by atoms with van der Waals surface area (Å²) in [6, 6.07) is 7.54. The van der Waals surface area contributed by atoms with E-state index in [9.17, 15) is 4.79 Å². The number of carbonyl (C=O) groups is 1. The molecule has 0 fully saturated rings. The Balaban J connectivity index is 2.40. The van der Waals surface area contributed by atoms with Gasteiger partial charge in [0.2, 0.25) is 0 Å². The number of esters is 1. The van der Waals surface area contributed by atoms with Gasteiger partial charge < -0.3 is 15.2 Å². The van der Waals surface area contributed by atoms with Crippen LogP contribution in [0.15, 0.2) is 29.6 Å². The minimum absolute atomic E-state index is 0.281. The SMILES string of the molecule is COc1ccccc1-c1csc(N)c1C(=O)OCC(C)C. The number of nitrogen functional groups attached to an aromatic ring is 1. The minimum Gasteiger partial charge on any atom is -0.496 e. The van der Waals surface area contributed by atoms with Crippen molar-refractivity contribution in [2.45, 2.75) is 13.8 Å². The van der Waals surface area contributed by atoms with E-state index in [1.54, 1.807) is 7.11 Å². The van der Waals surface area contributed by atoms with Gasteiger partial charge in [-0.3, -0.25) is 0 Å². The van der Waals surface area contributed by atoms with E-state index >= 15 is 0 Å². The lowest BCUT2D eigenvalue weighted by Crippen LogP contribution is -2.11. The molecule has 0 aliphatic carbocycles. The average Bonchev–Trinajstić information content (AvgIpc) is 2.86. The summed E-state index contributed by atoms with van der Waals surface area (Å²) in [7, 11) is 1.60. The highest BCUT2D eigenvalue weighted by Gasteiger charge is 2.22. The summed E-state index contributed by atoms with van der Waals surface area (Å²) in [4.78, 5) is 12.3. The summed E-state index contributed by atoms with van der Waals surface area (Å²) in [6.07, 6.45) is 0. The van der Waals surface area contributed by atoms with Gasteiger partial charge in [0.1, 0.15) is 16.3 Å². The highest BCUT2D eigenvalue weighted by atomic mass is 32.1. The lowest BCUT2D eigenvalue weighted by molar-refractivity contribution is 0.0461. The molecule has 21 heavy (non-hydrogen) atoms. The normalized spacial score (nSPS) is 10.7. The minimum atomic E-state index is -0.386. The molecule has 0 saturated heterocycles. The van der Waals surface area contributed by atoms with Gasteiger partial charge in [-0.2, -0.15) is 0 Å². The van der Waals surface area contributed by atoms with Crippen molar-refractivity contribution in [2.75, 3.05) is 19.5 Å². The molecule has 1 aromatic heterocycles. The summed E-state index contributed by atoms with van der Waals surface area (Å²) in [5.74, 6) is 0.597. The first-order valence-electron chi connectivity index (χ1n) is 6.72. The number of hydrogen-bond acceptors (Lipinski definition) is 5. The maximum absolute atomic E-state index is 12.3. The Hall–Kier alpha value is -2.01. The van der Waals surface area contributed by atoms with Gasteiger partial charge in [0.15, 0.2) is 0 Å². The Morgan fingerprint density at radius 2 is 2.00 bits per heavy atom. The fourth-order valence-corrected chi connectivity index (χ4v) is 2.76. The van der Waals surface area contributed by atoms with Crippen LogP contribution in [0, 0.1) is 5.92 Å². The number of ether oxygens (including phenoxy) is 2. The number of methoxy groups -OCH3 is 1. The number of carbonyl (C=O) groups excluding carboxylic acids is 1. The van der Waals surface area contributed by atoms with Crippen LogP contribution in [0.25, 0.3) is 11.1 Å². The van der Waals surface area contributed by atoms with Crippen molar-refractivity contribution in [1.82, 2.24) is 0 Å². The molecule has 112 valence electrons. The highest BCUT2D eigenvalue weighted by Crippen LogP contribution is 2.38. The van der Waals surface area contributed by atoms with Crippen LogP contribution < -0.4 is 10.5 Å². The number of rotatable bonds is 5. The van der Waals surface area contributed by atoms with E-state index in [1.807, 2.05) is 43.5 Å². The standard InChI is InChI=1S/C16H19NO3S/c1-10(2)8-20-16(18)14-12(9-21-15(14)17)11-6-4-5-7-13(11)19-3/h4-7,9-10H,8,17H2,1-3H3. The molecule has 2 aromatic rings. The van der Waals surface area contributed by atoms with Crippen LogP contribution in [-0.2, 0) is 4.74 Å². The largest absolute Gasteiger partial charge is 0.496 e. The summed E-state index contributed by atoms with van der Waals surface area (Å²) < 4.78 is 10.7. The van der Waals surface area contributed by atoms with Crippen LogP contribution >= 0.6 is 11.3 Å². The van der Waals surface area contributed by atoms with Crippen molar-refractivity contribution in [2.24, 2.45) is 5.92 Å². The third-order valence-electron chi connectivity index (χ3n) is 2.97. The van der Waals surface area contributed by atoms with Crippen LogP contribution in [0.5, 0.6) is 5.75 Å². The third kappa shape index (κ3) is 3.36. The fourth-order valence-electron chi connectivity index (χ4n) is 1.96. The molecule has 0 saturated carbocycles. The summed E-state index contributed by atoms with van der Waals surface area (Å²) in [5.41, 5.74) is 7.97. The van der Waals surface area contributed by atoms with E-state index in [0.717, 1.165) is 11.1 Å². The Bertz CT molecular complexity index is 634. The number of anilines is 1. The molecule has 0 amide bonds. The lowest BCUT2D eigenvalue weighted by atomic mass is 10.0. The number of hydrogen-bond donors (Lipinski definition) is 1. The van der Waals surface area contributed by atoms with Gasteiger partial charge in [-0.1, -0.05) is 32.0 Å². The molecular weight excluding hydrogens is 286 g/mol. The average molecular weight is 305 g/mol. The molecule has 2 rings (SSSR count). The second kappa shape index (κ2) is 6.63. The van der Waals surface area contributed by atoms with E-state index in [1.165, 1.54) is 11.3 Å². The van der Waals surface area contributed by atoms with Gasteiger partial charge in [-0.05, 0) is 12.0 Å². The zero-order valence-electron chi connectivity index (χ0n) is 12.4. The van der Waals surface area contributed by atoms with E-state index in [0.29, 0.717) is 22.9 Å². The van der Waals surface area contributed by atoms with Crippen molar-refractivity contribution >= 4 is 22.3 Å². The molecular formula is C16H19NO3S. The molecule has 5 heteroatoms. The quantitative estimate of drug-likeness (QED) is 0.853. The van der Waals surface area contributed by atoms with E-state index < -0.39 is 0 Å². The predicted octanol–water partition coefficient (Wildman–Crippen LogP) is 3.82. The number of thiophene rings is 1. The van der Waals surface area contributed by atoms with Crippen molar-refractivity contribution in [1.29, 1.82) is 0 Å². The Morgan fingerprint density at radius 1 is 1.29 bits per heavy atom. The van der Waals surface area contributed by atoms with Crippen LogP contribution in [0.3, 0.4) is 0 Å². The monoisotopic (exact) mass is 305 g/mol. The van der Waals surface area contributed by atoms with Gasteiger partial charge in [0.05, 0.1) is 13.7 Å². The van der Waals surface area contributed by atoms with Gasteiger partial charge >= 0.3 is 5.97 Å². The maximum atomic E-state index is 12.3. The number of benzene rings is 1. The first kappa shape index (κ1) is 15.4. The summed E-state index contributed by atoms with van der Waals surface area (Å²) in [6.45, 7) is 4.36. The highest BCUT2D eigenvalue weighted by molar-refractivity contribution is 7.15. The molecule has 0 bridgehead atoms. The van der Waals surface area contributed by atoms with Crippen molar-refractivity contribution in [3.8, 4) is 16.9 Å². The molecule has 4 nitrogen and oxygen atoms in total.